The summed E-state index contributed by atoms with van der Waals surface area (Å²) in [5, 5.41) is 21.2. The standard InChI is InChI=1S/C35H64FN5O12P2S/c1-5-8-10-12-13-14-15-16-18-20-23-56-28(21-19-17-11-9-6-2)26(4)51-52-54(44,45)53-55(46,47-22-7-3)48-24-27-30(42)31(43)34(49-27)50-41-25-38-29-32(37)39-35(36)40-33(29)41/h25-28,30-31,34,42-43H,5-24H2,1-4H3,(H,44,45)(H2,37,39,40)/t26?,27-,28?,30-,31+,34+,55?/m1/s1. The van der Waals surface area contributed by atoms with E-state index in [-0.39, 0.29) is 28.8 Å². The molecule has 0 aromatic carbocycles. The van der Waals surface area contributed by atoms with Crippen molar-refractivity contribution in [3.63, 3.8) is 0 Å². The Labute approximate surface area is 334 Å². The average molecular weight is 860 g/mol. The number of hydrogen-bond donors (Lipinski definition) is 4. The van der Waals surface area contributed by atoms with E-state index in [4.69, 9.17) is 38.2 Å². The number of aliphatic hydroxyl groups is 2. The van der Waals surface area contributed by atoms with Crippen LogP contribution in [0.25, 0.3) is 11.2 Å². The number of phosphoric acid groups is 2. The predicted octanol–water partition coefficient (Wildman–Crippen LogP) is 7.81. The van der Waals surface area contributed by atoms with Gasteiger partial charge in [0.15, 0.2) is 11.3 Å². The SMILES string of the molecule is CCCCCCCCCCCCSC(CCCCCCC)C(C)OOP(=O)(O)OP(=O)(OCCC)OC[C@H]1O[C@@H](On2cnc3c(N)nc(F)nc32)[C@@H](O)[C@@H]1O. The minimum Gasteiger partial charge on any atom is -0.387 e. The summed E-state index contributed by atoms with van der Waals surface area (Å²) in [6.07, 6.45) is 12.1. The van der Waals surface area contributed by atoms with Gasteiger partial charge in [-0.2, -0.15) is 30.4 Å². The highest BCUT2D eigenvalue weighted by Gasteiger charge is 2.47. The van der Waals surface area contributed by atoms with Crippen LogP contribution in [0.3, 0.4) is 0 Å². The van der Waals surface area contributed by atoms with Gasteiger partial charge in [0, 0.05) is 5.25 Å². The average Bonchev–Trinajstić information content (AvgIpc) is 3.68. The number of anilines is 1. The predicted molar refractivity (Wildman–Crippen MR) is 211 cm³/mol. The lowest BCUT2D eigenvalue weighted by molar-refractivity contribution is -0.252. The quantitative estimate of drug-likeness (QED) is 0.0181. The van der Waals surface area contributed by atoms with E-state index in [0.29, 0.717) is 6.42 Å². The van der Waals surface area contributed by atoms with Crippen molar-refractivity contribution in [2.24, 2.45) is 0 Å². The molecule has 324 valence electrons. The van der Waals surface area contributed by atoms with Crippen LogP contribution in [-0.4, -0.2) is 89.7 Å². The lowest BCUT2D eigenvalue weighted by Crippen LogP contribution is -2.38. The summed E-state index contributed by atoms with van der Waals surface area (Å²) in [6.45, 7) is 6.90. The van der Waals surface area contributed by atoms with Crippen LogP contribution in [0.5, 0.6) is 0 Å². The topological polar surface area (TPSA) is 229 Å². The van der Waals surface area contributed by atoms with Crippen LogP contribution in [0, 0.1) is 6.08 Å². The molecular formula is C35H64FN5O12P2S. The van der Waals surface area contributed by atoms with Crippen molar-refractivity contribution in [2.45, 2.75) is 173 Å². The fourth-order valence-corrected chi connectivity index (χ4v) is 9.88. The molecule has 56 heavy (non-hydrogen) atoms. The zero-order chi connectivity index (χ0) is 41.0. The van der Waals surface area contributed by atoms with E-state index in [1.165, 1.54) is 51.4 Å². The fraction of sp³-hybridized carbons (Fsp3) is 0.857. The van der Waals surface area contributed by atoms with Crippen LogP contribution in [0.4, 0.5) is 10.2 Å². The van der Waals surface area contributed by atoms with E-state index >= 15 is 0 Å². The summed E-state index contributed by atoms with van der Waals surface area (Å²) in [6, 6.07) is 0. The van der Waals surface area contributed by atoms with Gasteiger partial charge in [-0.05, 0) is 31.9 Å². The Bertz CT molecular complexity index is 1500. The lowest BCUT2D eigenvalue weighted by Gasteiger charge is -2.25. The number of halogens is 1. The highest BCUT2D eigenvalue weighted by molar-refractivity contribution is 7.99. The summed E-state index contributed by atoms with van der Waals surface area (Å²) < 4.78 is 67.2. The first-order valence-corrected chi connectivity index (χ1v) is 24.1. The molecule has 1 aliphatic heterocycles. The molecular weight excluding hydrogens is 795 g/mol. The zero-order valence-corrected chi connectivity index (χ0v) is 35.9. The van der Waals surface area contributed by atoms with Gasteiger partial charge in [-0.15, -0.1) is 9.40 Å². The Kier molecular flexibility index (Phi) is 22.6. The minimum absolute atomic E-state index is 0.0144. The van der Waals surface area contributed by atoms with E-state index in [9.17, 15) is 28.6 Å². The van der Waals surface area contributed by atoms with Crippen LogP contribution in [0.15, 0.2) is 6.33 Å². The normalized spacial score (nSPS) is 21.9. The maximum Gasteiger partial charge on any atom is 0.508 e. The van der Waals surface area contributed by atoms with E-state index in [2.05, 4.69) is 28.8 Å². The van der Waals surface area contributed by atoms with Crippen LogP contribution in [0.2, 0.25) is 0 Å². The van der Waals surface area contributed by atoms with Gasteiger partial charge in [0.2, 0.25) is 5.65 Å². The van der Waals surface area contributed by atoms with Gasteiger partial charge >= 0.3 is 21.7 Å². The van der Waals surface area contributed by atoms with Crippen molar-refractivity contribution in [2.75, 3.05) is 24.7 Å². The number of unbranched alkanes of at least 4 members (excludes halogenated alkanes) is 13. The molecule has 17 nitrogen and oxygen atoms in total. The van der Waals surface area contributed by atoms with Crippen LogP contribution >= 0.6 is 27.4 Å². The maximum atomic E-state index is 13.8. The second-order valence-electron chi connectivity index (χ2n) is 14.0. The van der Waals surface area contributed by atoms with E-state index in [1.807, 2.05) is 0 Å². The van der Waals surface area contributed by atoms with Crippen molar-refractivity contribution >= 4 is 44.4 Å². The number of fused-ring (bicyclic) bond motifs is 1. The van der Waals surface area contributed by atoms with Crippen molar-refractivity contribution in [3.05, 3.63) is 12.4 Å². The number of thioether (sulfide) groups is 1. The van der Waals surface area contributed by atoms with Gasteiger partial charge in [-0.25, -0.2) is 19.0 Å². The molecule has 1 saturated heterocycles. The largest absolute Gasteiger partial charge is 0.508 e. The number of nitrogens with two attached hydrogens (primary N) is 1. The van der Waals surface area contributed by atoms with E-state index in [1.54, 1.807) is 25.6 Å². The van der Waals surface area contributed by atoms with E-state index < -0.39 is 59.0 Å². The molecule has 5 N–H and O–H groups in total. The second-order valence-corrected chi connectivity index (χ2v) is 18.5. The number of phosphoric ester groups is 1. The first-order valence-electron chi connectivity index (χ1n) is 20.1. The smallest absolute Gasteiger partial charge is 0.387 e. The van der Waals surface area contributed by atoms with Crippen molar-refractivity contribution in [3.8, 4) is 0 Å². The van der Waals surface area contributed by atoms with Gasteiger partial charge in [0.1, 0.15) is 30.7 Å². The van der Waals surface area contributed by atoms with Gasteiger partial charge in [0.25, 0.3) is 6.29 Å². The molecule has 2 aromatic heterocycles. The first kappa shape index (κ1) is 48.9. The third-order valence-corrected chi connectivity index (χ3v) is 13.6. The highest BCUT2D eigenvalue weighted by atomic mass is 32.2. The van der Waals surface area contributed by atoms with Gasteiger partial charge in [0.05, 0.1) is 13.2 Å². The Hall–Kier alpha value is -1.47. The van der Waals surface area contributed by atoms with Gasteiger partial charge in [-0.3, -0.25) is 9.05 Å². The molecule has 0 saturated carbocycles. The molecule has 0 aliphatic carbocycles. The summed E-state index contributed by atoms with van der Waals surface area (Å²) in [7, 11) is -10.1. The molecule has 0 radical (unpaired) electrons. The van der Waals surface area contributed by atoms with Crippen LogP contribution in [-0.2, 0) is 36.8 Å². The molecule has 1 fully saturated rings. The van der Waals surface area contributed by atoms with Gasteiger partial charge in [-0.1, -0.05) is 111 Å². The Morgan fingerprint density at radius 1 is 0.911 bits per heavy atom. The molecule has 3 rings (SSSR count). The third kappa shape index (κ3) is 17.0. The van der Waals surface area contributed by atoms with Crippen LogP contribution < -0.4 is 10.6 Å². The molecule has 8 atom stereocenters. The molecule has 0 amide bonds. The number of nitrogen functional groups attached to an aromatic ring is 1. The molecule has 0 bridgehead atoms. The third-order valence-electron chi connectivity index (χ3n) is 9.19. The summed E-state index contributed by atoms with van der Waals surface area (Å²) >= 11 is 1.75. The Morgan fingerprint density at radius 2 is 1.54 bits per heavy atom. The number of ether oxygens (including phenoxy) is 1. The highest BCUT2D eigenvalue weighted by Crippen LogP contribution is 2.64. The summed E-state index contributed by atoms with van der Waals surface area (Å²) in [4.78, 5) is 32.4. The molecule has 2 aromatic rings. The second kappa shape index (κ2) is 25.9. The fourth-order valence-electron chi connectivity index (χ4n) is 6.01. The van der Waals surface area contributed by atoms with Gasteiger partial charge < -0.3 is 30.4 Å². The molecule has 4 unspecified atom stereocenters. The number of nitrogens with zero attached hydrogens (tertiary/aromatic N) is 4. The Balaban J connectivity index is 1.52. The number of hydrogen-bond acceptors (Lipinski definition) is 16. The minimum atomic E-state index is -5.20. The van der Waals surface area contributed by atoms with Crippen molar-refractivity contribution in [1.29, 1.82) is 0 Å². The molecule has 21 heteroatoms. The maximum absolute atomic E-state index is 13.8. The Morgan fingerprint density at radius 3 is 2.18 bits per heavy atom. The van der Waals surface area contributed by atoms with Crippen molar-refractivity contribution in [1.82, 2.24) is 19.7 Å². The number of imidazole rings is 1. The van der Waals surface area contributed by atoms with Crippen LogP contribution in [0.1, 0.15) is 137 Å². The monoisotopic (exact) mass is 859 g/mol. The molecule has 0 spiro atoms. The number of aromatic nitrogens is 4. The van der Waals surface area contributed by atoms with E-state index in [0.717, 1.165) is 68.2 Å². The van der Waals surface area contributed by atoms with Crippen molar-refractivity contribution < 1.29 is 61.1 Å². The number of aliphatic hydroxyl groups excluding tert-OH is 2. The lowest BCUT2D eigenvalue weighted by atomic mass is 10.1. The molecule has 3 heterocycles. The number of rotatable bonds is 32. The summed E-state index contributed by atoms with van der Waals surface area (Å²) in [5.41, 5.74) is 5.51. The molecule has 1 aliphatic rings. The zero-order valence-electron chi connectivity index (χ0n) is 33.2. The first-order chi connectivity index (χ1) is 26.8. The summed E-state index contributed by atoms with van der Waals surface area (Å²) in [5.74, 6) is 0.666.